The van der Waals surface area contributed by atoms with Gasteiger partial charge in [0, 0.05) is 12.7 Å². The van der Waals surface area contributed by atoms with Crippen molar-refractivity contribution in [3.05, 3.63) is 17.5 Å². The van der Waals surface area contributed by atoms with Crippen LogP contribution in [0.1, 0.15) is 11.4 Å². The fourth-order valence-corrected chi connectivity index (χ4v) is 0.989. The number of terminal acetylenes is 1. The Hall–Kier alpha value is -2.07. The zero-order chi connectivity index (χ0) is 10.6. The summed E-state index contributed by atoms with van der Waals surface area (Å²) in [5.74, 6) is 2.97. The summed E-state index contributed by atoms with van der Waals surface area (Å²) < 4.78 is 0. The molecular weight excluding hydrogens is 176 g/mol. The number of nitriles is 1. The average Bonchev–Trinajstić information content (AvgIpc) is 2.17. The van der Waals surface area contributed by atoms with Crippen LogP contribution in [0.3, 0.4) is 0 Å². The highest BCUT2D eigenvalue weighted by Gasteiger charge is 2.05. The summed E-state index contributed by atoms with van der Waals surface area (Å²) in [4.78, 5) is 9.91. The molecular formula is C10H10N4. The molecule has 0 aliphatic heterocycles. The van der Waals surface area contributed by atoms with Gasteiger partial charge in [0.25, 0.3) is 0 Å². The zero-order valence-electron chi connectivity index (χ0n) is 8.15. The molecule has 0 aliphatic rings. The number of hydrogen-bond donors (Lipinski definition) is 0. The second-order valence-electron chi connectivity index (χ2n) is 2.87. The number of nitrogens with zero attached hydrogens (tertiary/aromatic N) is 4. The van der Waals surface area contributed by atoms with E-state index in [2.05, 4.69) is 15.9 Å². The molecule has 4 nitrogen and oxygen atoms in total. The smallest absolute Gasteiger partial charge is 0.227 e. The van der Waals surface area contributed by atoms with Crippen molar-refractivity contribution in [2.24, 2.45) is 0 Å². The van der Waals surface area contributed by atoms with Gasteiger partial charge in [0.2, 0.25) is 5.95 Å². The molecule has 0 atom stereocenters. The summed E-state index contributed by atoms with van der Waals surface area (Å²) in [6.45, 7) is 2.24. The molecule has 0 bridgehead atoms. The van der Waals surface area contributed by atoms with E-state index in [0.717, 1.165) is 5.69 Å². The Morgan fingerprint density at radius 2 is 2.29 bits per heavy atom. The third-order valence-electron chi connectivity index (χ3n) is 1.63. The molecule has 0 aliphatic carbocycles. The first kappa shape index (κ1) is 10.0. The lowest BCUT2D eigenvalue weighted by Crippen LogP contribution is -2.20. The number of rotatable bonds is 2. The van der Waals surface area contributed by atoms with Crippen LogP contribution in [0.2, 0.25) is 0 Å². The van der Waals surface area contributed by atoms with Crippen LogP contribution in [0, 0.1) is 30.6 Å². The molecule has 0 spiro atoms. The molecule has 0 fully saturated rings. The Bertz CT molecular complexity index is 411. The highest BCUT2D eigenvalue weighted by atomic mass is 15.2. The molecule has 70 valence electrons. The van der Waals surface area contributed by atoms with Gasteiger partial charge < -0.3 is 4.90 Å². The van der Waals surface area contributed by atoms with Gasteiger partial charge in [-0.2, -0.15) is 5.26 Å². The lowest BCUT2D eigenvalue weighted by Gasteiger charge is -2.13. The van der Waals surface area contributed by atoms with Crippen molar-refractivity contribution in [2.75, 3.05) is 18.5 Å². The summed E-state index contributed by atoms with van der Waals surface area (Å²) in [5, 5.41) is 8.70. The molecule has 1 heterocycles. The van der Waals surface area contributed by atoms with Crippen molar-refractivity contribution in [3.63, 3.8) is 0 Å². The first-order valence-electron chi connectivity index (χ1n) is 4.07. The van der Waals surface area contributed by atoms with E-state index in [-0.39, 0.29) is 0 Å². The predicted octanol–water partition coefficient (Wildman–Crippen LogP) is 0.726. The van der Waals surface area contributed by atoms with Crippen LogP contribution in [-0.2, 0) is 0 Å². The monoisotopic (exact) mass is 186 g/mol. The number of anilines is 1. The minimum absolute atomic E-state index is 0.358. The standard InChI is InChI=1S/C10H10N4/c1-4-5-14(3)10-12-8(2)6-9(7-11)13-10/h1,6H,5H2,2-3H3. The summed E-state index contributed by atoms with van der Waals surface area (Å²) in [6.07, 6.45) is 5.16. The van der Waals surface area contributed by atoms with Crippen molar-refractivity contribution in [3.8, 4) is 18.4 Å². The van der Waals surface area contributed by atoms with Crippen molar-refractivity contribution in [2.45, 2.75) is 6.92 Å². The molecule has 4 heteroatoms. The van der Waals surface area contributed by atoms with Gasteiger partial charge in [0.05, 0.1) is 6.54 Å². The third-order valence-corrected chi connectivity index (χ3v) is 1.63. The largest absolute Gasteiger partial charge is 0.333 e. The van der Waals surface area contributed by atoms with Crippen LogP contribution < -0.4 is 4.90 Å². The Kier molecular flexibility index (Phi) is 3.04. The molecule has 1 aromatic rings. The van der Waals surface area contributed by atoms with Crippen LogP contribution in [0.15, 0.2) is 6.07 Å². The molecule has 0 saturated heterocycles. The first-order valence-corrected chi connectivity index (χ1v) is 4.07. The van der Waals surface area contributed by atoms with Crippen molar-refractivity contribution in [1.82, 2.24) is 9.97 Å². The van der Waals surface area contributed by atoms with Crippen LogP contribution in [0.5, 0.6) is 0 Å². The number of aryl methyl sites for hydroxylation is 1. The molecule has 0 aromatic carbocycles. The Labute approximate surface area is 83.2 Å². The fraction of sp³-hybridized carbons (Fsp3) is 0.300. The maximum Gasteiger partial charge on any atom is 0.227 e. The molecule has 1 aromatic heterocycles. The minimum atomic E-state index is 0.358. The second-order valence-corrected chi connectivity index (χ2v) is 2.87. The normalized spacial score (nSPS) is 8.86. The Morgan fingerprint density at radius 3 is 2.86 bits per heavy atom. The van der Waals surface area contributed by atoms with E-state index in [1.54, 1.807) is 18.0 Å². The SMILES string of the molecule is C#CCN(C)c1nc(C)cc(C#N)n1. The van der Waals surface area contributed by atoms with Crippen molar-refractivity contribution >= 4 is 5.95 Å². The van der Waals surface area contributed by atoms with Gasteiger partial charge in [-0.3, -0.25) is 0 Å². The summed E-state index contributed by atoms with van der Waals surface area (Å²) >= 11 is 0. The fourth-order valence-electron chi connectivity index (χ4n) is 0.989. The Balaban J connectivity index is 3.05. The van der Waals surface area contributed by atoms with E-state index in [9.17, 15) is 0 Å². The molecule has 0 amide bonds. The maximum absolute atomic E-state index is 8.70. The molecule has 0 unspecified atom stereocenters. The second kappa shape index (κ2) is 4.25. The lowest BCUT2D eigenvalue weighted by molar-refractivity contribution is 0.932. The van der Waals surface area contributed by atoms with Crippen molar-refractivity contribution < 1.29 is 0 Å². The Morgan fingerprint density at radius 1 is 1.57 bits per heavy atom. The van der Waals surface area contributed by atoms with Crippen LogP contribution in [0.25, 0.3) is 0 Å². The van der Waals surface area contributed by atoms with Gasteiger partial charge in [-0.15, -0.1) is 6.42 Å². The minimum Gasteiger partial charge on any atom is -0.333 e. The van der Waals surface area contributed by atoms with Crippen LogP contribution in [0.4, 0.5) is 5.95 Å². The van der Waals surface area contributed by atoms with Gasteiger partial charge in [-0.05, 0) is 13.0 Å². The van der Waals surface area contributed by atoms with E-state index in [1.165, 1.54) is 0 Å². The lowest BCUT2D eigenvalue weighted by atomic mass is 10.3. The third kappa shape index (κ3) is 2.21. The quantitative estimate of drug-likeness (QED) is 0.639. The molecule has 0 radical (unpaired) electrons. The number of hydrogen-bond acceptors (Lipinski definition) is 4. The highest BCUT2D eigenvalue weighted by molar-refractivity contribution is 5.36. The summed E-state index contributed by atoms with van der Waals surface area (Å²) in [6, 6.07) is 3.61. The van der Waals surface area contributed by atoms with E-state index in [0.29, 0.717) is 18.2 Å². The van der Waals surface area contributed by atoms with Gasteiger partial charge in [0.15, 0.2) is 0 Å². The highest BCUT2D eigenvalue weighted by Crippen LogP contribution is 2.07. The summed E-state index contributed by atoms with van der Waals surface area (Å²) in [5.41, 5.74) is 1.12. The zero-order valence-corrected chi connectivity index (χ0v) is 8.15. The molecule has 14 heavy (non-hydrogen) atoms. The number of aromatic nitrogens is 2. The van der Waals surface area contributed by atoms with E-state index >= 15 is 0 Å². The van der Waals surface area contributed by atoms with Gasteiger partial charge in [-0.25, -0.2) is 9.97 Å². The van der Waals surface area contributed by atoms with Crippen LogP contribution in [-0.4, -0.2) is 23.6 Å². The molecule has 1 rings (SSSR count). The predicted molar refractivity (Wildman–Crippen MR) is 53.6 cm³/mol. The van der Waals surface area contributed by atoms with E-state index < -0.39 is 0 Å². The maximum atomic E-state index is 8.70. The molecule has 0 N–H and O–H groups in total. The van der Waals surface area contributed by atoms with E-state index in [1.807, 2.05) is 13.0 Å². The van der Waals surface area contributed by atoms with E-state index in [4.69, 9.17) is 11.7 Å². The molecule has 0 saturated carbocycles. The van der Waals surface area contributed by atoms with Gasteiger partial charge in [0.1, 0.15) is 11.8 Å². The van der Waals surface area contributed by atoms with Crippen molar-refractivity contribution in [1.29, 1.82) is 5.26 Å². The topological polar surface area (TPSA) is 52.8 Å². The van der Waals surface area contributed by atoms with Gasteiger partial charge >= 0.3 is 0 Å². The first-order chi connectivity index (χ1) is 6.67. The summed E-state index contributed by atoms with van der Waals surface area (Å²) in [7, 11) is 1.79. The average molecular weight is 186 g/mol. The van der Waals surface area contributed by atoms with Gasteiger partial charge in [-0.1, -0.05) is 5.92 Å². The van der Waals surface area contributed by atoms with Crippen LogP contribution >= 0.6 is 0 Å².